The third-order valence-corrected chi connectivity index (χ3v) is 5.74. The van der Waals surface area contributed by atoms with Gasteiger partial charge in [0.15, 0.2) is 0 Å². The van der Waals surface area contributed by atoms with Crippen molar-refractivity contribution >= 4 is 26.0 Å². The molecule has 1 atom stereocenters. The van der Waals surface area contributed by atoms with Crippen molar-refractivity contribution in [3.05, 3.63) is 22.7 Å². The molecule has 1 aliphatic rings. The number of benzene rings is 1. The summed E-state index contributed by atoms with van der Waals surface area (Å²) in [5.41, 5.74) is 0. The van der Waals surface area contributed by atoms with E-state index >= 15 is 0 Å². The van der Waals surface area contributed by atoms with Crippen LogP contribution in [-0.2, 0) is 10.0 Å². The fraction of sp³-hybridized carbons (Fsp3) is 0.538. The van der Waals surface area contributed by atoms with Crippen molar-refractivity contribution in [3.8, 4) is 5.75 Å². The molecule has 6 heteroatoms. The lowest BCUT2D eigenvalue weighted by Crippen LogP contribution is -2.39. The van der Waals surface area contributed by atoms with Crippen LogP contribution >= 0.6 is 15.9 Å². The number of halogens is 1. The van der Waals surface area contributed by atoms with Gasteiger partial charge in [-0.15, -0.1) is 0 Å². The number of ether oxygens (including phenoxy) is 1. The van der Waals surface area contributed by atoms with Crippen molar-refractivity contribution < 1.29 is 13.2 Å². The zero-order valence-corrected chi connectivity index (χ0v) is 13.5. The summed E-state index contributed by atoms with van der Waals surface area (Å²) >= 11 is 3.32. The fourth-order valence-electron chi connectivity index (χ4n) is 2.36. The Morgan fingerprint density at radius 1 is 1.42 bits per heavy atom. The first kappa shape index (κ1) is 14.8. The minimum absolute atomic E-state index is 0.235. The molecule has 0 aliphatic carbocycles. The van der Waals surface area contributed by atoms with E-state index in [1.807, 2.05) is 0 Å². The number of nitrogens with zero attached hydrogens (tertiary/aromatic N) is 1. The average Bonchev–Trinajstić information content (AvgIpc) is 2.38. The molecule has 19 heavy (non-hydrogen) atoms. The van der Waals surface area contributed by atoms with Crippen LogP contribution < -0.4 is 4.74 Å². The molecule has 1 fully saturated rings. The highest BCUT2D eigenvalue weighted by Gasteiger charge is 2.31. The van der Waals surface area contributed by atoms with E-state index in [1.54, 1.807) is 22.5 Å². The molecule has 0 saturated carbocycles. The van der Waals surface area contributed by atoms with Crippen molar-refractivity contribution in [3.63, 3.8) is 0 Å². The highest BCUT2D eigenvalue weighted by atomic mass is 79.9. The number of piperidine rings is 1. The maximum atomic E-state index is 12.7. The number of hydrogen-bond donors (Lipinski definition) is 0. The summed E-state index contributed by atoms with van der Waals surface area (Å²) in [6.45, 7) is 3.25. The van der Waals surface area contributed by atoms with Crippen LogP contribution in [0, 0.1) is 5.92 Å². The topological polar surface area (TPSA) is 46.6 Å². The lowest BCUT2D eigenvalue weighted by molar-refractivity contribution is 0.280. The molecule has 0 spiro atoms. The zero-order chi connectivity index (χ0) is 14.0. The van der Waals surface area contributed by atoms with Crippen LogP contribution in [0.15, 0.2) is 27.6 Å². The Labute approximate surface area is 122 Å². The summed E-state index contributed by atoms with van der Waals surface area (Å²) in [6.07, 6.45) is 2.00. The van der Waals surface area contributed by atoms with E-state index in [1.165, 1.54) is 7.11 Å². The molecule has 1 aliphatic heterocycles. The highest BCUT2D eigenvalue weighted by Crippen LogP contribution is 2.31. The first-order valence-corrected chi connectivity index (χ1v) is 8.52. The second kappa shape index (κ2) is 5.81. The summed E-state index contributed by atoms with van der Waals surface area (Å²) in [4.78, 5) is 0.235. The SMILES string of the molecule is COc1ccc(Br)cc1S(=O)(=O)N1CCC[C@@H](C)C1. The van der Waals surface area contributed by atoms with Gasteiger partial charge in [-0.3, -0.25) is 0 Å². The fourth-order valence-corrected chi connectivity index (χ4v) is 4.65. The van der Waals surface area contributed by atoms with Gasteiger partial charge in [0.25, 0.3) is 0 Å². The molecule has 2 rings (SSSR count). The van der Waals surface area contributed by atoms with E-state index in [0.29, 0.717) is 24.8 Å². The monoisotopic (exact) mass is 347 g/mol. The Morgan fingerprint density at radius 3 is 2.79 bits per heavy atom. The van der Waals surface area contributed by atoms with Crippen LogP contribution in [0.2, 0.25) is 0 Å². The molecule has 0 bridgehead atoms. The molecule has 1 aromatic carbocycles. The van der Waals surface area contributed by atoms with Gasteiger partial charge in [0.1, 0.15) is 10.6 Å². The molecule has 1 heterocycles. The van der Waals surface area contributed by atoms with Crippen LogP contribution in [-0.4, -0.2) is 32.9 Å². The van der Waals surface area contributed by atoms with Gasteiger partial charge in [-0.25, -0.2) is 8.42 Å². The summed E-state index contributed by atoms with van der Waals surface area (Å²) in [5.74, 6) is 0.795. The van der Waals surface area contributed by atoms with Crippen molar-refractivity contribution in [2.45, 2.75) is 24.7 Å². The van der Waals surface area contributed by atoms with Gasteiger partial charge in [-0.1, -0.05) is 22.9 Å². The van der Waals surface area contributed by atoms with E-state index < -0.39 is 10.0 Å². The minimum Gasteiger partial charge on any atom is -0.495 e. The van der Waals surface area contributed by atoms with Gasteiger partial charge in [0.05, 0.1) is 7.11 Å². The molecule has 106 valence electrons. The Balaban J connectivity index is 2.41. The van der Waals surface area contributed by atoms with E-state index in [-0.39, 0.29) is 4.90 Å². The van der Waals surface area contributed by atoms with Crippen LogP contribution in [0.1, 0.15) is 19.8 Å². The van der Waals surface area contributed by atoms with Crippen LogP contribution in [0.5, 0.6) is 5.75 Å². The smallest absolute Gasteiger partial charge is 0.246 e. The summed E-state index contributed by atoms with van der Waals surface area (Å²) in [5, 5.41) is 0. The number of rotatable bonds is 3. The van der Waals surface area contributed by atoms with Crippen molar-refractivity contribution in [2.75, 3.05) is 20.2 Å². The Bertz CT molecular complexity index is 559. The maximum absolute atomic E-state index is 12.7. The highest BCUT2D eigenvalue weighted by molar-refractivity contribution is 9.10. The van der Waals surface area contributed by atoms with Gasteiger partial charge in [-0.05, 0) is 37.0 Å². The largest absolute Gasteiger partial charge is 0.495 e. The molecule has 4 nitrogen and oxygen atoms in total. The van der Waals surface area contributed by atoms with Crippen molar-refractivity contribution in [1.29, 1.82) is 0 Å². The molecule has 0 unspecified atom stereocenters. The van der Waals surface area contributed by atoms with E-state index in [2.05, 4.69) is 22.9 Å². The molecule has 0 amide bonds. The van der Waals surface area contributed by atoms with E-state index in [0.717, 1.165) is 17.3 Å². The summed E-state index contributed by atoms with van der Waals surface area (Å²) < 4.78 is 32.9. The molecule has 0 radical (unpaired) electrons. The predicted octanol–water partition coefficient (Wildman–Crippen LogP) is 2.88. The lowest BCUT2D eigenvalue weighted by atomic mass is 10.0. The quantitative estimate of drug-likeness (QED) is 0.844. The van der Waals surface area contributed by atoms with Gasteiger partial charge >= 0.3 is 0 Å². The zero-order valence-electron chi connectivity index (χ0n) is 11.1. The average molecular weight is 348 g/mol. The standard InChI is InChI=1S/C13H18BrNO3S/c1-10-4-3-7-15(9-10)19(16,17)13-8-11(14)5-6-12(13)18-2/h5-6,8,10H,3-4,7,9H2,1-2H3/t10-/m1/s1. The van der Waals surface area contributed by atoms with E-state index in [9.17, 15) is 8.42 Å². The van der Waals surface area contributed by atoms with Crippen molar-refractivity contribution in [1.82, 2.24) is 4.31 Å². The van der Waals surface area contributed by atoms with Crippen LogP contribution in [0.4, 0.5) is 0 Å². The molecule has 1 aromatic rings. The third kappa shape index (κ3) is 3.12. The van der Waals surface area contributed by atoms with Gasteiger partial charge in [0.2, 0.25) is 10.0 Å². The first-order valence-electron chi connectivity index (χ1n) is 6.29. The molecular weight excluding hydrogens is 330 g/mol. The maximum Gasteiger partial charge on any atom is 0.246 e. The van der Waals surface area contributed by atoms with Crippen molar-refractivity contribution in [2.24, 2.45) is 5.92 Å². The number of hydrogen-bond acceptors (Lipinski definition) is 3. The molecule has 0 aromatic heterocycles. The van der Waals surface area contributed by atoms with Gasteiger partial charge in [0, 0.05) is 17.6 Å². The Hall–Kier alpha value is -0.590. The van der Waals surface area contributed by atoms with Crippen LogP contribution in [0.3, 0.4) is 0 Å². The molecule has 0 N–H and O–H groups in total. The molecule has 1 saturated heterocycles. The third-order valence-electron chi connectivity index (χ3n) is 3.36. The first-order chi connectivity index (χ1) is 8.95. The number of sulfonamides is 1. The second-order valence-corrected chi connectivity index (χ2v) is 7.73. The van der Waals surface area contributed by atoms with Gasteiger partial charge in [-0.2, -0.15) is 4.31 Å². The second-order valence-electron chi connectivity index (χ2n) is 4.91. The van der Waals surface area contributed by atoms with Crippen LogP contribution in [0.25, 0.3) is 0 Å². The minimum atomic E-state index is -3.48. The van der Waals surface area contributed by atoms with E-state index in [4.69, 9.17) is 4.74 Å². The summed E-state index contributed by atoms with van der Waals surface area (Å²) in [6, 6.07) is 5.05. The lowest BCUT2D eigenvalue weighted by Gasteiger charge is -2.30. The Morgan fingerprint density at radius 2 is 2.16 bits per heavy atom. The molecular formula is C13H18BrNO3S. The number of methoxy groups -OCH3 is 1. The van der Waals surface area contributed by atoms with Gasteiger partial charge < -0.3 is 4.74 Å². The Kier molecular flexibility index (Phi) is 4.53. The summed E-state index contributed by atoms with van der Waals surface area (Å²) in [7, 11) is -1.99. The predicted molar refractivity (Wildman–Crippen MR) is 77.9 cm³/mol. The normalized spacial score (nSPS) is 21.3.